The Balaban J connectivity index is 0.00000625. The van der Waals surface area contributed by atoms with Gasteiger partial charge < -0.3 is 15.4 Å². The third kappa shape index (κ3) is 10.1. The third-order valence-electron chi connectivity index (χ3n) is 2.93. The van der Waals surface area contributed by atoms with Crippen molar-refractivity contribution in [1.82, 2.24) is 15.4 Å². The molecular weight excluding hydrogens is 481 g/mol. The van der Waals surface area contributed by atoms with Gasteiger partial charge in [-0.15, -0.1) is 24.0 Å². The minimum absolute atomic E-state index is 0. The van der Waals surface area contributed by atoms with Crippen molar-refractivity contribution in [2.24, 2.45) is 4.99 Å². The summed E-state index contributed by atoms with van der Waals surface area (Å²) in [5.41, 5.74) is -0.709. The van der Waals surface area contributed by atoms with Crippen LogP contribution in [0.3, 0.4) is 0 Å². The number of guanidine groups is 1. The van der Waals surface area contributed by atoms with Crippen molar-refractivity contribution in [3.63, 3.8) is 0 Å². The lowest BCUT2D eigenvalue weighted by atomic mass is 10.1. The lowest BCUT2D eigenvalue weighted by Gasteiger charge is -2.26. The largest absolute Gasteiger partial charge is 0.489 e. The van der Waals surface area contributed by atoms with Crippen LogP contribution in [0.1, 0.15) is 13.8 Å². The van der Waals surface area contributed by atoms with Crippen LogP contribution in [0.4, 0.5) is 8.78 Å². The van der Waals surface area contributed by atoms with Crippen molar-refractivity contribution in [1.29, 1.82) is 0 Å². The summed E-state index contributed by atoms with van der Waals surface area (Å²) in [5.74, 6) is -1.04. The number of hydrogen-bond donors (Lipinski definition) is 3. The summed E-state index contributed by atoms with van der Waals surface area (Å²) in [7, 11) is -1.77. The van der Waals surface area contributed by atoms with Gasteiger partial charge in [-0.25, -0.2) is 21.9 Å². The van der Waals surface area contributed by atoms with E-state index in [9.17, 15) is 17.2 Å². The average Bonchev–Trinajstić information content (AvgIpc) is 2.46. The van der Waals surface area contributed by atoms with Crippen LogP contribution in [-0.4, -0.2) is 52.9 Å². The number of hydrogen-bond acceptors (Lipinski definition) is 4. The Hall–Kier alpha value is -1.21. The van der Waals surface area contributed by atoms with Gasteiger partial charge in [0.1, 0.15) is 12.4 Å². The molecule has 0 aromatic heterocycles. The summed E-state index contributed by atoms with van der Waals surface area (Å²) in [6.45, 7) is 4.21. The summed E-state index contributed by atoms with van der Waals surface area (Å²) in [4.78, 5) is 4.00. The van der Waals surface area contributed by atoms with Gasteiger partial charge in [-0.2, -0.15) is 0 Å². The van der Waals surface area contributed by atoms with Gasteiger partial charge in [0, 0.05) is 25.2 Å². The molecule has 0 heterocycles. The van der Waals surface area contributed by atoms with Crippen molar-refractivity contribution in [2.45, 2.75) is 19.4 Å². The molecule has 11 heteroatoms. The standard InChI is InChI=1S/C15H24F2N4O3S.HI/c1-15(2,21-25(4,22)23)10-20-14(18-3)19-7-8-24-13-6-5-11(16)9-12(13)17;/h5-6,9,21H,7-8,10H2,1-4H3,(H2,18,19,20);1H. The number of rotatable bonds is 8. The first-order chi connectivity index (χ1) is 11.5. The van der Waals surface area contributed by atoms with Gasteiger partial charge in [0.15, 0.2) is 17.5 Å². The maximum Gasteiger partial charge on any atom is 0.209 e. The molecule has 0 aliphatic rings. The van der Waals surface area contributed by atoms with E-state index in [1.807, 2.05) is 0 Å². The Morgan fingerprint density at radius 2 is 1.92 bits per heavy atom. The number of sulfonamides is 1. The van der Waals surface area contributed by atoms with E-state index in [4.69, 9.17) is 4.74 Å². The highest BCUT2D eigenvalue weighted by molar-refractivity contribution is 14.0. The summed E-state index contributed by atoms with van der Waals surface area (Å²) in [6, 6.07) is 3.08. The van der Waals surface area contributed by atoms with Crippen molar-refractivity contribution in [3.05, 3.63) is 29.8 Å². The van der Waals surface area contributed by atoms with Crippen LogP contribution < -0.4 is 20.1 Å². The number of halogens is 3. The van der Waals surface area contributed by atoms with Crippen LogP contribution in [0.25, 0.3) is 0 Å². The Labute approximate surface area is 170 Å². The van der Waals surface area contributed by atoms with Crippen LogP contribution in [0, 0.1) is 11.6 Å². The summed E-state index contributed by atoms with van der Waals surface area (Å²) >= 11 is 0. The molecule has 1 rings (SSSR count). The van der Waals surface area contributed by atoms with Crippen LogP contribution >= 0.6 is 24.0 Å². The zero-order valence-corrected chi connectivity index (χ0v) is 18.2. The van der Waals surface area contributed by atoms with E-state index in [2.05, 4.69) is 20.3 Å². The highest BCUT2D eigenvalue weighted by Gasteiger charge is 2.22. The smallest absolute Gasteiger partial charge is 0.209 e. The van der Waals surface area contributed by atoms with E-state index in [1.165, 1.54) is 6.07 Å². The molecule has 0 saturated carbocycles. The van der Waals surface area contributed by atoms with Crippen LogP contribution in [0.5, 0.6) is 5.75 Å². The molecule has 0 aliphatic carbocycles. The third-order valence-corrected chi connectivity index (χ3v) is 3.85. The molecule has 1 aromatic rings. The second kappa shape index (κ2) is 10.8. The highest BCUT2D eigenvalue weighted by Crippen LogP contribution is 2.17. The molecule has 0 spiro atoms. The predicted molar refractivity (Wildman–Crippen MR) is 109 cm³/mol. The van der Waals surface area contributed by atoms with E-state index in [0.29, 0.717) is 19.0 Å². The van der Waals surface area contributed by atoms with Crippen LogP contribution in [0.15, 0.2) is 23.2 Å². The van der Waals surface area contributed by atoms with Gasteiger partial charge >= 0.3 is 0 Å². The second-order valence-corrected chi connectivity index (χ2v) is 7.78. The molecule has 0 bridgehead atoms. The summed E-state index contributed by atoms with van der Waals surface area (Å²) in [5, 5.41) is 5.93. The fourth-order valence-electron chi connectivity index (χ4n) is 1.99. The average molecular weight is 506 g/mol. The van der Waals surface area contributed by atoms with Crippen molar-refractivity contribution >= 4 is 40.0 Å². The maximum absolute atomic E-state index is 13.4. The molecule has 0 saturated heterocycles. The second-order valence-electron chi connectivity index (χ2n) is 6.03. The number of aliphatic imine (C=N–C) groups is 1. The minimum Gasteiger partial charge on any atom is -0.489 e. The van der Waals surface area contributed by atoms with E-state index in [0.717, 1.165) is 18.4 Å². The first-order valence-electron chi connectivity index (χ1n) is 7.54. The fraction of sp³-hybridized carbons (Fsp3) is 0.533. The van der Waals surface area contributed by atoms with Crippen molar-refractivity contribution in [2.75, 3.05) is 33.0 Å². The topological polar surface area (TPSA) is 91.8 Å². The molecule has 0 fully saturated rings. The molecule has 0 atom stereocenters. The Morgan fingerprint density at radius 3 is 2.46 bits per heavy atom. The van der Waals surface area contributed by atoms with Gasteiger partial charge in [0.25, 0.3) is 0 Å². The van der Waals surface area contributed by atoms with E-state index >= 15 is 0 Å². The summed E-state index contributed by atoms with van der Waals surface area (Å²) in [6.07, 6.45) is 1.09. The van der Waals surface area contributed by atoms with Crippen LogP contribution in [0.2, 0.25) is 0 Å². The van der Waals surface area contributed by atoms with Gasteiger partial charge in [-0.3, -0.25) is 4.99 Å². The normalized spacial score (nSPS) is 12.3. The molecule has 0 aliphatic heterocycles. The number of nitrogens with one attached hydrogen (secondary N) is 3. The Bertz CT molecular complexity index is 715. The van der Waals surface area contributed by atoms with Gasteiger partial charge in [0.05, 0.1) is 12.8 Å². The molecule has 1 aromatic carbocycles. The summed E-state index contributed by atoms with van der Waals surface area (Å²) < 4.78 is 56.5. The van der Waals surface area contributed by atoms with Crippen molar-refractivity contribution < 1.29 is 21.9 Å². The molecule has 0 amide bonds. The zero-order chi connectivity index (χ0) is 19.1. The number of ether oxygens (including phenoxy) is 1. The zero-order valence-electron chi connectivity index (χ0n) is 15.1. The highest BCUT2D eigenvalue weighted by atomic mass is 127. The monoisotopic (exact) mass is 506 g/mol. The SMILES string of the molecule is CN=C(NCCOc1ccc(F)cc1F)NCC(C)(C)NS(C)(=O)=O.I. The minimum atomic E-state index is -3.33. The Kier molecular flexibility index (Phi) is 10.3. The number of nitrogens with zero attached hydrogens (tertiary/aromatic N) is 1. The molecule has 150 valence electrons. The predicted octanol–water partition coefficient (Wildman–Crippen LogP) is 1.45. The number of benzene rings is 1. The Morgan fingerprint density at radius 1 is 1.27 bits per heavy atom. The fourth-order valence-corrected chi connectivity index (χ4v) is 3.06. The lowest BCUT2D eigenvalue weighted by molar-refractivity contribution is 0.304. The molecule has 0 radical (unpaired) electrons. The maximum atomic E-state index is 13.4. The van der Waals surface area contributed by atoms with Crippen LogP contribution in [-0.2, 0) is 10.0 Å². The molecular formula is C15H25F2IN4O3S. The van der Waals surface area contributed by atoms with Gasteiger partial charge in [-0.1, -0.05) is 0 Å². The molecule has 0 unspecified atom stereocenters. The van der Waals surface area contributed by atoms with Gasteiger partial charge in [-0.05, 0) is 26.0 Å². The van der Waals surface area contributed by atoms with Crippen molar-refractivity contribution in [3.8, 4) is 5.75 Å². The molecule has 7 nitrogen and oxygen atoms in total. The lowest BCUT2D eigenvalue weighted by Crippen LogP contribution is -2.53. The first-order valence-corrected chi connectivity index (χ1v) is 9.43. The van der Waals surface area contributed by atoms with E-state index < -0.39 is 27.2 Å². The molecule has 26 heavy (non-hydrogen) atoms. The quantitative estimate of drug-likeness (QED) is 0.215. The molecule has 3 N–H and O–H groups in total. The van der Waals surface area contributed by atoms with E-state index in [-0.39, 0.29) is 36.3 Å². The first kappa shape index (κ1) is 24.8. The van der Waals surface area contributed by atoms with Gasteiger partial charge in [0.2, 0.25) is 10.0 Å². The van der Waals surface area contributed by atoms with E-state index in [1.54, 1.807) is 20.9 Å².